The molecule has 1 amide bonds. The number of carbonyl (C=O) groups is 1. The van der Waals surface area contributed by atoms with Crippen LogP contribution in [0.3, 0.4) is 0 Å². The van der Waals surface area contributed by atoms with Crippen molar-refractivity contribution in [2.45, 2.75) is 34.6 Å². The van der Waals surface area contributed by atoms with Gasteiger partial charge in [-0.05, 0) is 37.1 Å². The van der Waals surface area contributed by atoms with Gasteiger partial charge in [0.05, 0.1) is 10.2 Å². The molecule has 2 aromatic rings. The Bertz CT molecular complexity index is 698. The van der Waals surface area contributed by atoms with E-state index in [4.69, 9.17) is 4.98 Å². The Morgan fingerprint density at radius 2 is 1.70 bits per heavy atom. The van der Waals surface area contributed by atoms with Crippen molar-refractivity contribution < 1.29 is 4.79 Å². The van der Waals surface area contributed by atoms with Crippen LogP contribution in [0.15, 0.2) is 12.1 Å². The third-order valence-corrected chi connectivity index (χ3v) is 5.55. The molecule has 0 N–H and O–H groups in total. The van der Waals surface area contributed by atoms with Gasteiger partial charge in [0.25, 0.3) is 0 Å². The Morgan fingerprint density at radius 3 is 2.30 bits per heavy atom. The minimum absolute atomic E-state index is 0.243. The van der Waals surface area contributed by atoms with Gasteiger partial charge in [-0.1, -0.05) is 32.1 Å². The number of nitrogens with zero attached hydrogens (tertiary/aromatic N) is 3. The summed E-state index contributed by atoms with van der Waals surface area (Å²) in [5, 5.41) is 1.08. The second-order valence-corrected chi connectivity index (χ2v) is 8.44. The van der Waals surface area contributed by atoms with Crippen molar-refractivity contribution in [3.05, 3.63) is 23.3 Å². The average Bonchev–Trinajstić information content (AvgIpc) is 2.89. The number of aryl methyl sites for hydroxylation is 2. The highest BCUT2D eigenvalue weighted by molar-refractivity contribution is 7.22. The quantitative estimate of drug-likeness (QED) is 0.801. The van der Waals surface area contributed by atoms with Crippen LogP contribution < -0.4 is 4.90 Å². The molecule has 23 heavy (non-hydrogen) atoms. The Morgan fingerprint density at radius 1 is 1.09 bits per heavy atom. The molecule has 0 saturated carbocycles. The number of amides is 1. The molecule has 0 radical (unpaired) electrons. The zero-order chi connectivity index (χ0) is 16.8. The minimum Gasteiger partial charge on any atom is -0.345 e. The first-order chi connectivity index (χ1) is 10.8. The maximum atomic E-state index is 12.4. The van der Waals surface area contributed by atoms with Gasteiger partial charge in [0.1, 0.15) is 0 Å². The fourth-order valence-corrected chi connectivity index (χ4v) is 3.98. The molecule has 1 aromatic heterocycles. The first-order valence-electron chi connectivity index (χ1n) is 8.18. The maximum Gasteiger partial charge on any atom is 0.228 e. The van der Waals surface area contributed by atoms with Gasteiger partial charge in [-0.3, -0.25) is 4.79 Å². The first kappa shape index (κ1) is 16.2. The Hall–Kier alpha value is -1.62. The molecule has 1 aromatic carbocycles. The summed E-state index contributed by atoms with van der Waals surface area (Å²) < 4.78 is 1.25. The number of hydrogen-bond acceptors (Lipinski definition) is 4. The maximum absolute atomic E-state index is 12.4. The highest BCUT2D eigenvalue weighted by atomic mass is 32.1. The van der Waals surface area contributed by atoms with E-state index in [1.807, 2.05) is 25.7 Å². The van der Waals surface area contributed by atoms with Crippen molar-refractivity contribution in [2.75, 3.05) is 31.1 Å². The predicted molar refractivity (Wildman–Crippen MR) is 97.3 cm³/mol. The smallest absolute Gasteiger partial charge is 0.228 e. The van der Waals surface area contributed by atoms with Crippen molar-refractivity contribution in [3.63, 3.8) is 0 Å². The van der Waals surface area contributed by atoms with Gasteiger partial charge < -0.3 is 9.80 Å². The number of hydrogen-bond donors (Lipinski definition) is 0. The van der Waals surface area contributed by atoms with E-state index in [9.17, 15) is 4.79 Å². The second kappa shape index (κ2) is 5.78. The monoisotopic (exact) mass is 331 g/mol. The zero-order valence-corrected chi connectivity index (χ0v) is 15.5. The predicted octanol–water partition coefficient (Wildman–Crippen LogP) is 3.61. The van der Waals surface area contributed by atoms with Crippen LogP contribution in [0, 0.1) is 19.3 Å². The summed E-state index contributed by atoms with van der Waals surface area (Å²) in [6.45, 7) is 13.5. The molecule has 1 saturated heterocycles. The summed E-state index contributed by atoms with van der Waals surface area (Å²) in [7, 11) is 0. The molecule has 4 nitrogen and oxygen atoms in total. The fraction of sp³-hybridized carbons (Fsp3) is 0.556. The van der Waals surface area contributed by atoms with Crippen LogP contribution in [0.2, 0.25) is 0 Å². The molecule has 1 aliphatic heterocycles. The van der Waals surface area contributed by atoms with Gasteiger partial charge in [-0.25, -0.2) is 4.98 Å². The molecule has 0 unspecified atom stereocenters. The van der Waals surface area contributed by atoms with Gasteiger partial charge in [0, 0.05) is 31.6 Å². The molecule has 0 spiro atoms. The van der Waals surface area contributed by atoms with Crippen LogP contribution in [0.4, 0.5) is 5.13 Å². The molecule has 2 heterocycles. The molecule has 5 heteroatoms. The minimum atomic E-state index is -0.299. The van der Waals surface area contributed by atoms with E-state index in [2.05, 4.69) is 30.9 Å². The first-order valence-corrected chi connectivity index (χ1v) is 8.99. The number of piperazine rings is 1. The lowest BCUT2D eigenvalue weighted by atomic mass is 9.94. The van der Waals surface area contributed by atoms with Crippen LogP contribution in [0.5, 0.6) is 0 Å². The highest BCUT2D eigenvalue weighted by Gasteiger charge is 2.30. The van der Waals surface area contributed by atoms with Crippen molar-refractivity contribution >= 4 is 32.6 Å². The average molecular weight is 331 g/mol. The number of fused-ring (bicyclic) bond motifs is 1. The molecule has 0 aliphatic carbocycles. The normalized spacial score (nSPS) is 16.2. The summed E-state index contributed by atoms with van der Waals surface area (Å²) in [4.78, 5) is 21.5. The van der Waals surface area contributed by atoms with Crippen LogP contribution in [-0.2, 0) is 4.79 Å². The van der Waals surface area contributed by atoms with Crippen molar-refractivity contribution in [1.82, 2.24) is 9.88 Å². The molecule has 0 bridgehead atoms. The van der Waals surface area contributed by atoms with Gasteiger partial charge in [0.15, 0.2) is 5.13 Å². The number of rotatable bonds is 1. The van der Waals surface area contributed by atoms with E-state index >= 15 is 0 Å². The largest absolute Gasteiger partial charge is 0.345 e. The Labute approximate surface area is 142 Å². The third kappa shape index (κ3) is 3.20. The van der Waals surface area contributed by atoms with Crippen LogP contribution in [0.1, 0.15) is 31.9 Å². The fourth-order valence-electron chi connectivity index (χ4n) is 2.88. The van der Waals surface area contributed by atoms with E-state index in [1.54, 1.807) is 11.3 Å². The second-order valence-electron chi connectivity index (χ2n) is 7.43. The van der Waals surface area contributed by atoms with Crippen LogP contribution in [-0.4, -0.2) is 42.0 Å². The highest BCUT2D eigenvalue weighted by Crippen LogP contribution is 2.31. The lowest BCUT2D eigenvalue weighted by molar-refractivity contribution is -0.139. The number of carbonyl (C=O) groups excluding carboxylic acids is 1. The summed E-state index contributed by atoms with van der Waals surface area (Å²) in [6, 6.07) is 4.40. The molecular formula is C18H25N3OS. The topological polar surface area (TPSA) is 36.4 Å². The Kier molecular flexibility index (Phi) is 4.08. The van der Waals surface area contributed by atoms with Crippen molar-refractivity contribution in [2.24, 2.45) is 5.41 Å². The lowest BCUT2D eigenvalue weighted by Crippen LogP contribution is -2.51. The molecule has 0 atom stereocenters. The van der Waals surface area contributed by atoms with Gasteiger partial charge in [0.2, 0.25) is 5.91 Å². The van der Waals surface area contributed by atoms with E-state index in [0.717, 1.165) is 36.8 Å². The molecule has 1 aliphatic rings. The number of aromatic nitrogens is 1. The van der Waals surface area contributed by atoms with Crippen molar-refractivity contribution in [3.8, 4) is 0 Å². The summed E-state index contributed by atoms with van der Waals surface area (Å²) in [5.74, 6) is 0.243. The van der Waals surface area contributed by atoms with E-state index in [-0.39, 0.29) is 11.3 Å². The van der Waals surface area contributed by atoms with E-state index in [1.165, 1.54) is 15.8 Å². The van der Waals surface area contributed by atoms with Gasteiger partial charge in [-0.15, -0.1) is 0 Å². The number of thiazole rings is 1. The summed E-state index contributed by atoms with van der Waals surface area (Å²) in [5.41, 5.74) is 3.39. The molecule has 124 valence electrons. The van der Waals surface area contributed by atoms with Crippen LogP contribution >= 0.6 is 11.3 Å². The van der Waals surface area contributed by atoms with Gasteiger partial charge >= 0.3 is 0 Å². The Balaban J connectivity index is 1.74. The lowest BCUT2D eigenvalue weighted by Gasteiger charge is -2.37. The van der Waals surface area contributed by atoms with Gasteiger partial charge in [-0.2, -0.15) is 0 Å². The molecule has 3 rings (SSSR count). The number of benzene rings is 1. The molecule has 1 fully saturated rings. The third-order valence-electron chi connectivity index (χ3n) is 4.47. The molecular weight excluding hydrogens is 306 g/mol. The SMILES string of the molecule is Cc1cc2nc(N3CCN(C(=O)C(C)(C)C)CC3)sc2cc1C. The summed E-state index contributed by atoms with van der Waals surface area (Å²) >= 11 is 1.75. The van der Waals surface area contributed by atoms with E-state index in [0.29, 0.717) is 0 Å². The summed E-state index contributed by atoms with van der Waals surface area (Å²) in [6.07, 6.45) is 0. The van der Waals surface area contributed by atoms with Crippen molar-refractivity contribution in [1.29, 1.82) is 0 Å². The zero-order valence-electron chi connectivity index (χ0n) is 14.6. The van der Waals surface area contributed by atoms with E-state index < -0.39 is 0 Å². The van der Waals surface area contributed by atoms with Crippen LogP contribution in [0.25, 0.3) is 10.2 Å². The number of anilines is 1. The standard InChI is InChI=1S/C18H25N3OS/c1-12-10-14-15(11-13(12)2)23-17(19-14)21-8-6-20(7-9-21)16(22)18(3,4)5/h10-11H,6-9H2,1-5H3.